The van der Waals surface area contributed by atoms with E-state index < -0.39 is 11.7 Å². The van der Waals surface area contributed by atoms with Crippen molar-refractivity contribution in [3.8, 4) is 28.4 Å². The van der Waals surface area contributed by atoms with Crippen LogP contribution in [0.15, 0.2) is 61.2 Å². The first kappa shape index (κ1) is 20.7. The van der Waals surface area contributed by atoms with E-state index in [1.165, 1.54) is 12.1 Å². The first-order chi connectivity index (χ1) is 16.1. The Bertz CT molecular complexity index is 1310. The van der Waals surface area contributed by atoms with Gasteiger partial charge in [-0.1, -0.05) is 6.07 Å². The Morgan fingerprint density at radius 2 is 2.00 bits per heavy atom. The molecule has 4 heterocycles. The molecule has 0 spiro atoms. The highest BCUT2D eigenvalue weighted by Crippen LogP contribution is 2.31. The Hall–Kier alpha value is -4.14. The normalized spacial score (nSPS) is 16.1. The lowest BCUT2D eigenvalue weighted by molar-refractivity contribution is 0.102. The van der Waals surface area contributed by atoms with Crippen molar-refractivity contribution < 1.29 is 13.9 Å². The van der Waals surface area contributed by atoms with Gasteiger partial charge in [-0.05, 0) is 55.7 Å². The highest BCUT2D eigenvalue weighted by molar-refractivity contribution is 6.06. The second-order valence-electron chi connectivity index (χ2n) is 7.83. The minimum absolute atomic E-state index is 0.104. The Morgan fingerprint density at radius 1 is 1.15 bits per heavy atom. The van der Waals surface area contributed by atoms with Crippen molar-refractivity contribution in [3.63, 3.8) is 0 Å². The van der Waals surface area contributed by atoms with Crippen LogP contribution in [0.5, 0.6) is 5.75 Å². The lowest BCUT2D eigenvalue weighted by atomic mass is 10.0. The quantitative estimate of drug-likeness (QED) is 0.464. The largest absolute Gasteiger partial charge is 0.493 e. The highest BCUT2D eigenvalue weighted by atomic mass is 19.1. The lowest BCUT2D eigenvalue weighted by Crippen LogP contribution is -2.17. The van der Waals surface area contributed by atoms with E-state index in [-0.39, 0.29) is 17.4 Å². The third-order valence-corrected chi connectivity index (χ3v) is 5.60. The Kier molecular flexibility index (Phi) is 5.52. The fourth-order valence-electron chi connectivity index (χ4n) is 3.87. The lowest BCUT2D eigenvalue weighted by Gasteiger charge is -2.18. The van der Waals surface area contributed by atoms with Crippen LogP contribution in [0.25, 0.3) is 22.6 Å². The van der Waals surface area contributed by atoms with Crippen molar-refractivity contribution in [2.75, 3.05) is 11.9 Å². The summed E-state index contributed by atoms with van der Waals surface area (Å²) in [5, 5.41) is 11.1. The summed E-state index contributed by atoms with van der Waals surface area (Å²) >= 11 is 0. The van der Waals surface area contributed by atoms with Gasteiger partial charge in [0.25, 0.3) is 5.91 Å². The predicted molar refractivity (Wildman–Crippen MR) is 120 cm³/mol. The van der Waals surface area contributed by atoms with E-state index in [1.54, 1.807) is 43.0 Å². The maximum Gasteiger partial charge on any atom is 0.260 e. The molecule has 4 aromatic rings. The topological polar surface area (TPSA) is 94.8 Å². The SMILES string of the molecule is C[C@H]1CCCOc2cc(F)c(-c3ccncc3)cc2C(=O)Nc2cccc(n2)-c2nncn21. The number of benzene rings is 1. The number of ether oxygens (including phenoxy) is 1. The summed E-state index contributed by atoms with van der Waals surface area (Å²) in [6.07, 6.45) is 6.30. The van der Waals surface area contributed by atoms with Crippen LogP contribution in [-0.4, -0.2) is 37.2 Å². The van der Waals surface area contributed by atoms with Crippen molar-refractivity contribution in [1.29, 1.82) is 0 Å². The number of carbonyl (C=O) groups is 1. The molecule has 1 aromatic carbocycles. The van der Waals surface area contributed by atoms with Gasteiger partial charge in [-0.25, -0.2) is 9.37 Å². The molecule has 0 radical (unpaired) electrons. The molecule has 1 aliphatic rings. The molecule has 0 saturated carbocycles. The van der Waals surface area contributed by atoms with Crippen LogP contribution in [0.3, 0.4) is 0 Å². The number of hydrogen-bond donors (Lipinski definition) is 1. The fourth-order valence-corrected chi connectivity index (χ4v) is 3.87. The number of rotatable bonds is 1. The molecule has 5 rings (SSSR count). The zero-order valence-corrected chi connectivity index (χ0v) is 17.9. The Labute approximate surface area is 189 Å². The molecule has 0 fully saturated rings. The van der Waals surface area contributed by atoms with E-state index in [4.69, 9.17) is 4.74 Å². The molecule has 1 atom stereocenters. The smallest absolute Gasteiger partial charge is 0.260 e. The molecule has 166 valence electrons. The van der Waals surface area contributed by atoms with Gasteiger partial charge in [0.15, 0.2) is 5.82 Å². The average Bonchev–Trinajstić information content (AvgIpc) is 3.32. The monoisotopic (exact) mass is 444 g/mol. The van der Waals surface area contributed by atoms with Gasteiger partial charge in [-0.2, -0.15) is 0 Å². The number of amides is 1. The summed E-state index contributed by atoms with van der Waals surface area (Å²) in [6, 6.07) is 11.6. The summed E-state index contributed by atoms with van der Waals surface area (Å²) in [4.78, 5) is 21.8. The number of aromatic nitrogens is 5. The second-order valence-corrected chi connectivity index (χ2v) is 7.83. The molecule has 1 aliphatic heterocycles. The van der Waals surface area contributed by atoms with Crippen molar-refractivity contribution in [1.82, 2.24) is 24.7 Å². The summed E-state index contributed by atoms with van der Waals surface area (Å²) in [6.45, 7) is 2.40. The third kappa shape index (κ3) is 4.17. The number of halogens is 1. The van der Waals surface area contributed by atoms with Gasteiger partial charge in [0.05, 0.1) is 12.2 Å². The molecule has 0 saturated heterocycles. The van der Waals surface area contributed by atoms with Crippen molar-refractivity contribution in [2.45, 2.75) is 25.8 Å². The van der Waals surface area contributed by atoms with E-state index in [0.717, 1.165) is 6.42 Å². The van der Waals surface area contributed by atoms with Crippen molar-refractivity contribution >= 4 is 11.7 Å². The predicted octanol–water partition coefficient (Wildman–Crippen LogP) is 4.53. The van der Waals surface area contributed by atoms with Crippen molar-refractivity contribution in [3.05, 3.63) is 72.6 Å². The van der Waals surface area contributed by atoms with Gasteiger partial charge in [0, 0.05) is 30.1 Å². The molecule has 8 nitrogen and oxygen atoms in total. The number of pyridine rings is 2. The summed E-state index contributed by atoms with van der Waals surface area (Å²) in [7, 11) is 0. The van der Waals surface area contributed by atoms with Crippen LogP contribution in [-0.2, 0) is 0 Å². The number of fused-ring (bicyclic) bond motifs is 5. The second kappa shape index (κ2) is 8.78. The van der Waals surface area contributed by atoms with Crippen LogP contribution >= 0.6 is 0 Å². The minimum Gasteiger partial charge on any atom is -0.493 e. The number of carbonyl (C=O) groups excluding carboxylic acids is 1. The number of nitrogens with one attached hydrogen (secondary N) is 1. The molecule has 9 heteroatoms. The van der Waals surface area contributed by atoms with Crippen LogP contribution in [0.2, 0.25) is 0 Å². The molecule has 2 bridgehead atoms. The van der Waals surface area contributed by atoms with Gasteiger partial charge in [0.1, 0.15) is 29.4 Å². The molecule has 3 aromatic heterocycles. The van der Waals surface area contributed by atoms with Crippen LogP contribution in [0.4, 0.5) is 10.2 Å². The van der Waals surface area contributed by atoms with Gasteiger partial charge in [-0.15, -0.1) is 10.2 Å². The fraction of sp³-hybridized carbons (Fsp3) is 0.208. The molecule has 0 aliphatic carbocycles. The molecular weight excluding hydrogens is 423 g/mol. The third-order valence-electron chi connectivity index (χ3n) is 5.60. The summed E-state index contributed by atoms with van der Waals surface area (Å²) < 4.78 is 22.8. The Balaban J connectivity index is 1.58. The maximum absolute atomic E-state index is 15.0. The standard InChI is InChI=1S/C24H21FN6O2/c1-15-4-3-11-33-21-13-19(25)17(16-7-9-26-10-8-16)12-18(21)24(32)29-22-6-2-5-20(28-22)23-30-27-14-31(15)23/h2,5-10,12-15H,3-4,11H2,1H3,(H,28,29,32)/t15-/m0/s1. The highest BCUT2D eigenvalue weighted by Gasteiger charge is 2.21. The van der Waals surface area contributed by atoms with Gasteiger partial charge in [0.2, 0.25) is 0 Å². The van der Waals surface area contributed by atoms with Gasteiger partial charge in [-0.3, -0.25) is 9.78 Å². The van der Waals surface area contributed by atoms with Crippen LogP contribution < -0.4 is 10.1 Å². The van der Waals surface area contributed by atoms with E-state index in [1.807, 2.05) is 10.6 Å². The molecular formula is C24H21FN6O2. The number of anilines is 1. The molecule has 0 unspecified atom stereocenters. The van der Waals surface area contributed by atoms with Gasteiger partial charge < -0.3 is 14.6 Å². The Morgan fingerprint density at radius 3 is 2.85 bits per heavy atom. The number of hydrogen-bond acceptors (Lipinski definition) is 6. The molecule has 1 amide bonds. The first-order valence-corrected chi connectivity index (χ1v) is 10.6. The number of nitrogens with zero attached hydrogens (tertiary/aromatic N) is 5. The van der Waals surface area contributed by atoms with Crippen molar-refractivity contribution in [2.24, 2.45) is 0 Å². The molecule has 33 heavy (non-hydrogen) atoms. The first-order valence-electron chi connectivity index (χ1n) is 10.6. The zero-order chi connectivity index (χ0) is 22.8. The molecule has 1 N–H and O–H groups in total. The van der Waals surface area contributed by atoms with E-state index in [0.29, 0.717) is 41.5 Å². The van der Waals surface area contributed by atoms with Crippen LogP contribution in [0, 0.1) is 5.82 Å². The van der Waals surface area contributed by atoms with E-state index in [2.05, 4.69) is 32.4 Å². The summed E-state index contributed by atoms with van der Waals surface area (Å²) in [5.41, 5.74) is 1.73. The van der Waals surface area contributed by atoms with E-state index >= 15 is 0 Å². The maximum atomic E-state index is 15.0. The minimum atomic E-state index is -0.475. The average molecular weight is 444 g/mol. The van der Waals surface area contributed by atoms with Gasteiger partial charge >= 0.3 is 0 Å². The summed E-state index contributed by atoms with van der Waals surface area (Å²) in [5.74, 6) is 0.235. The van der Waals surface area contributed by atoms with Crippen LogP contribution in [0.1, 0.15) is 36.2 Å². The van der Waals surface area contributed by atoms with E-state index in [9.17, 15) is 9.18 Å². The zero-order valence-electron chi connectivity index (χ0n) is 17.9.